The molecule has 1 spiro atoms. The van der Waals surface area contributed by atoms with E-state index in [1.807, 2.05) is 0 Å². The second-order valence-electron chi connectivity index (χ2n) is 8.26. The average molecular weight is 404 g/mol. The zero-order chi connectivity index (χ0) is 18.4. The Morgan fingerprint density at radius 2 is 1.85 bits per heavy atom. The lowest BCUT2D eigenvalue weighted by Gasteiger charge is -2.49. The van der Waals surface area contributed by atoms with Crippen molar-refractivity contribution in [2.75, 3.05) is 24.6 Å². The topological polar surface area (TPSA) is 64.7 Å². The lowest BCUT2D eigenvalue weighted by Crippen LogP contribution is -2.54. The number of aromatic nitrogens is 1. The first-order chi connectivity index (χ1) is 12.3. The molecule has 4 rings (SSSR count). The van der Waals surface area contributed by atoms with E-state index in [2.05, 4.69) is 9.88 Å². The number of nitrogens with zero attached hydrogens (tertiary/aromatic N) is 2. The third-order valence-electron chi connectivity index (χ3n) is 6.50. The van der Waals surface area contributed by atoms with Crippen LogP contribution in [0.15, 0.2) is 18.3 Å². The minimum atomic E-state index is -4.37. The Morgan fingerprint density at radius 3 is 2.41 bits per heavy atom. The lowest BCUT2D eigenvalue weighted by atomic mass is 9.77. The van der Waals surface area contributed by atoms with Crippen LogP contribution in [-0.4, -0.2) is 50.2 Å². The summed E-state index contributed by atoms with van der Waals surface area (Å²) in [6.07, 6.45) is 3.65. The molecule has 152 valence electrons. The van der Waals surface area contributed by atoms with Gasteiger partial charge in [-0.3, -0.25) is 9.19 Å². The third kappa shape index (κ3) is 4.38. The Labute approximate surface area is 160 Å². The number of rotatable bonds is 2. The van der Waals surface area contributed by atoms with Gasteiger partial charge in [-0.05, 0) is 68.2 Å². The van der Waals surface area contributed by atoms with Crippen LogP contribution in [0.5, 0.6) is 0 Å². The van der Waals surface area contributed by atoms with Gasteiger partial charge in [0.05, 0.1) is 0 Å². The van der Waals surface area contributed by atoms with Crippen LogP contribution >= 0.6 is 0 Å². The highest BCUT2D eigenvalue weighted by Crippen LogP contribution is 2.43. The Hall–Kier alpha value is -0.990. The van der Waals surface area contributed by atoms with E-state index in [0.717, 1.165) is 68.3 Å². The largest absolute Gasteiger partial charge is 0.433 e. The molecule has 2 N–H and O–H groups in total. The van der Waals surface area contributed by atoms with E-state index in [-0.39, 0.29) is 5.48 Å². The molecule has 27 heavy (non-hydrogen) atoms. The first-order valence-electron chi connectivity index (χ1n) is 9.47. The minimum absolute atomic E-state index is 0. The quantitative estimate of drug-likeness (QED) is 0.761. The standard InChI is InChI=1S/C19H25F3N2OS.H2O/c20-19(21,22)17-5-4-15(11-23-17)14-2-1-3-16(10-14)24-8-6-18(7-9-24)12-26(25)13-18;/h4-5,11,14,16H,1-3,6-10,12-13H2;1H2/t14-,16-;/m1./s1. The van der Waals surface area contributed by atoms with Crippen LogP contribution in [0, 0.1) is 5.41 Å². The molecule has 2 atom stereocenters. The summed E-state index contributed by atoms with van der Waals surface area (Å²) in [6, 6.07) is 3.23. The summed E-state index contributed by atoms with van der Waals surface area (Å²) >= 11 is 0. The van der Waals surface area contributed by atoms with Crippen molar-refractivity contribution in [3.63, 3.8) is 0 Å². The summed E-state index contributed by atoms with van der Waals surface area (Å²) in [6.45, 7) is 2.14. The highest BCUT2D eigenvalue weighted by atomic mass is 32.2. The molecule has 3 fully saturated rings. The summed E-state index contributed by atoms with van der Waals surface area (Å²) < 4.78 is 49.6. The molecule has 3 aliphatic rings. The Balaban J connectivity index is 0.00000210. The fourth-order valence-corrected chi connectivity index (χ4v) is 6.76. The van der Waals surface area contributed by atoms with Gasteiger partial charge in [0.2, 0.25) is 0 Å². The number of hydrogen-bond acceptors (Lipinski definition) is 3. The fraction of sp³-hybridized carbons (Fsp3) is 0.737. The maximum absolute atomic E-state index is 12.7. The van der Waals surface area contributed by atoms with Gasteiger partial charge in [0.25, 0.3) is 0 Å². The van der Waals surface area contributed by atoms with Crippen LogP contribution in [0.25, 0.3) is 0 Å². The molecule has 0 radical (unpaired) electrons. The van der Waals surface area contributed by atoms with Crippen molar-refractivity contribution >= 4 is 10.8 Å². The van der Waals surface area contributed by atoms with Crippen molar-refractivity contribution in [1.29, 1.82) is 0 Å². The van der Waals surface area contributed by atoms with E-state index in [1.54, 1.807) is 6.07 Å². The molecule has 0 unspecified atom stereocenters. The molecule has 2 saturated heterocycles. The Bertz CT molecular complexity index is 663. The number of pyridine rings is 1. The van der Waals surface area contributed by atoms with Crippen molar-refractivity contribution in [3.05, 3.63) is 29.6 Å². The van der Waals surface area contributed by atoms with E-state index in [1.165, 1.54) is 12.6 Å². The molecule has 2 aliphatic heterocycles. The van der Waals surface area contributed by atoms with Crippen molar-refractivity contribution in [1.82, 2.24) is 9.88 Å². The number of alkyl halides is 3. The number of likely N-dealkylation sites (tertiary alicyclic amines) is 1. The molecule has 1 aromatic heterocycles. The fourth-order valence-electron chi connectivity index (χ4n) is 4.91. The van der Waals surface area contributed by atoms with E-state index in [4.69, 9.17) is 0 Å². The molecular formula is C19H27F3N2O2S. The van der Waals surface area contributed by atoms with Gasteiger partial charge in [0, 0.05) is 34.5 Å². The van der Waals surface area contributed by atoms with Crippen LogP contribution in [0.2, 0.25) is 0 Å². The summed E-state index contributed by atoms with van der Waals surface area (Å²) in [4.78, 5) is 6.21. The van der Waals surface area contributed by atoms with Gasteiger partial charge in [0.1, 0.15) is 5.69 Å². The minimum Gasteiger partial charge on any atom is -0.412 e. The zero-order valence-corrected chi connectivity index (χ0v) is 16.1. The molecular weight excluding hydrogens is 377 g/mol. The Kier molecular flexibility index (Phi) is 5.99. The van der Waals surface area contributed by atoms with Crippen molar-refractivity contribution in [3.8, 4) is 0 Å². The molecule has 3 heterocycles. The summed E-state index contributed by atoms with van der Waals surface area (Å²) in [5, 5.41) is 0. The molecule has 1 saturated carbocycles. The predicted molar refractivity (Wildman–Crippen MR) is 99.0 cm³/mol. The highest BCUT2D eigenvalue weighted by molar-refractivity contribution is 7.86. The van der Waals surface area contributed by atoms with Crippen molar-refractivity contribution in [2.45, 2.75) is 56.7 Å². The van der Waals surface area contributed by atoms with Gasteiger partial charge in [-0.15, -0.1) is 0 Å². The summed E-state index contributed by atoms with van der Waals surface area (Å²) in [7, 11) is -0.589. The lowest BCUT2D eigenvalue weighted by molar-refractivity contribution is -0.141. The van der Waals surface area contributed by atoms with E-state index < -0.39 is 22.7 Å². The number of hydrogen-bond donors (Lipinski definition) is 0. The van der Waals surface area contributed by atoms with Gasteiger partial charge in [-0.2, -0.15) is 13.2 Å². The normalized spacial score (nSPS) is 29.1. The Morgan fingerprint density at radius 1 is 1.15 bits per heavy atom. The van der Waals surface area contributed by atoms with Crippen LogP contribution in [0.1, 0.15) is 55.7 Å². The second-order valence-corrected chi connectivity index (χ2v) is 9.71. The van der Waals surface area contributed by atoms with Crippen molar-refractivity contribution < 1.29 is 22.9 Å². The van der Waals surface area contributed by atoms with Gasteiger partial charge in [-0.1, -0.05) is 12.5 Å². The summed E-state index contributed by atoms with van der Waals surface area (Å²) in [5.41, 5.74) is 0.464. The van der Waals surface area contributed by atoms with Crippen molar-refractivity contribution in [2.24, 2.45) is 5.41 Å². The van der Waals surface area contributed by atoms with Crippen LogP contribution < -0.4 is 0 Å². The predicted octanol–water partition coefficient (Wildman–Crippen LogP) is 3.15. The third-order valence-corrected chi connectivity index (χ3v) is 8.37. The van der Waals surface area contributed by atoms with Crippen LogP contribution in [-0.2, 0) is 17.0 Å². The second kappa shape index (κ2) is 7.79. The molecule has 0 aromatic carbocycles. The SMILES string of the molecule is O.O=S1CC2(CCN([C@@H]3CCC[C@@H](c4ccc(C(F)(F)F)nc4)C3)CC2)C1. The molecule has 4 nitrogen and oxygen atoms in total. The zero-order valence-electron chi connectivity index (χ0n) is 15.3. The molecule has 0 amide bonds. The smallest absolute Gasteiger partial charge is 0.412 e. The molecule has 1 aliphatic carbocycles. The monoisotopic (exact) mass is 404 g/mol. The van der Waals surface area contributed by atoms with E-state index in [9.17, 15) is 17.4 Å². The highest BCUT2D eigenvalue weighted by Gasteiger charge is 2.45. The molecule has 0 bridgehead atoms. The first kappa shape index (κ1) is 20.7. The number of piperidine rings is 1. The van der Waals surface area contributed by atoms with Crippen LogP contribution in [0.3, 0.4) is 0 Å². The summed E-state index contributed by atoms with van der Waals surface area (Å²) in [5.74, 6) is 2.06. The maximum atomic E-state index is 12.7. The van der Waals surface area contributed by atoms with Gasteiger partial charge in [-0.25, -0.2) is 0 Å². The van der Waals surface area contributed by atoms with Gasteiger partial charge >= 0.3 is 6.18 Å². The molecule has 8 heteroatoms. The van der Waals surface area contributed by atoms with Gasteiger partial charge < -0.3 is 10.4 Å². The number of halogens is 3. The van der Waals surface area contributed by atoms with Crippen LogP contribution in [0.4, 0.5) is 13.2 Å². The molecule has 1 aromatic rings. The van der Waals surface area contributed by atoms with Gasteiger partial charge in [0.15, 0.2) is 0 Å². The van der Waals surface area contributed by atoms with E-state index >= 15 is 0 Å². The van der Waals surface area contributed by atoms with E-state index in [0.29, 0.717) is 17.4 Å². The average Bonchev–Trinajstić information content (AvgIpc) is 2.61. The maximum Gasteiger partial charge on any atom is 0.433 e. The first-order valence-corrected chi connectivity index (χ1v) is 11.0.